The van der Waals surface area contributed by atoms with Gasteiger partial charge in [-0.05, 0) is 77.0 Å². The number of carboxylic acids is 2. The molecule has 2 aliphatic heterocycles. The van der Waals surface area contributed by atoms with E-state index in [1.807, 2.05) is 0 Å². The molecule has 11 heteroatoms. The van der Waals surface area contributed by atoms with Gasteiger partial charge in [-0.2, -0.15) is 0 Å². The minimum absolute atomic E-state index is 0.0317. The van der Waals surface area contributed by atoms with E-state index in [2.05, 4.69) is 27.7 Å². The van der Waals surface area contributed by atoms with Crippen LogP contribution in [0, 0.1) is 34.5 Å². The van der Waals surface area contributed by atoms with Crippen LogP contribution in [0.15, 0.2) is 0 Å². The summed E-state index contributed by atoms with van der Waals surface area (Å²) in [5.74, 6) is -3.93. The van der Waals surface area contributed by atoms with Gasteiger partial charge in [0, 0.05) is 0 Å². The van der Waals surface area contributed by atoms with Crippen LogP contribution in [-0.2, 0) is 42.9 Å². The Bertz CT molecular complexity index is 1140. The summed E-state index contributed by atoms with van der Waals surface area (Å²) in [6.07, 6.45) is 8.13. The van der Waals surface area contributed by atoms with Gasteiger partial charge >= 0.3 is 23.9 Å². The Kier molecular flexibility index (Phi) is 14.0. The fraction of sp³-hybridized carbons (Fsp3) is 0.895. The van der Waals surface area contributed by atoms with E-state index in [1.54, 1.807) is 13.8 Å². The van der Waals surface area contributed by atoms with Gasteiger partial charge in [-0.15, -0.1) is 0 Å². The quantitative estimate of drug-likeness (QED) is 0.0931. The monoisotopic (exact) mass is 694 g/mol. The van der Waals surface area contributed by atoms with Crippen molar-refractivity contribution in [3.05, 3.63) is 0 Å². The van der Waals surface area contributed by atoms with Crippen LogP contribution in [0.4, 0.5) is 0 Å². The molecule has 4 aliphatic rings. The van der Waals surface area contributed by atoms with Gasteiger partial charge in [0.15, 0.2) is 0 Å². The molecule has 0 aromatic carbocycles. The van der Waals surface area contributed by atoms with Crippen LogP contribution in [-0.4, -0.2) is 83.9 Å². The van der Waals surface area contributed by atoms with Crippen molar-refractivity contribution in [2.24, 2.45) is 34.5 Å². The van der Waals surface area contributed by atoms with E-state index >= 15 is 0 Å². The second kappa shape index (κ2) is 17.3. The van der Waals surface area contributed by atoms with E-state index in [4.69, 9.17) is 23.7 Å². The molecule has 0 amide bonds. The topological polar surface area (TPSA) is 161 Å². The highest BCUT2D eigenvalue weighted by Gasteiger charge is 2.63. The van der Waals surface area contributed by atoms with E-state index < -0.39 is 58.8 Å². The van der Waals surface area contributed by atoms with Gasteiger partial charge in [0.05, 0.1) is 59.8 Å². The Labute approximate surface area is 292 Å². The third-order valence-corrected chi connectivity index (χ3v) is 12.1. The first-order valence-corrected chi connectivity index (χ1v) is 19.1. The number of carboxylic acid groups (broad SMARTS) is 2. The Morgan fingerprint density at radius 3 is 1.57 bits per heavy atom. The lowest BCUT2D eigenvalue weighted by Gasteiger charge is -2.40. The number of hydrogen-bond acceptors (Lipinski definition) is 9. The van der Waals surface area contributed by atoms with Crippen molar-refractivity contribution in [3.63, 3.8) is 0 Å². The molecule has 2 N–H and O–H groups in total. The van der Waals surface area contributed by atoms with Gasteiger partial charge < -0.3 is 33.9 Å². The summed E-state index contributed by atoms with van der Waals surface area (Å²) in [6, 6.07) is 0. The van der Waals surface area contributed by atoms with Crippen molar-refractivity contribution >= 4 is 23.9 Å². The molecule has 49 heavy (non-hydrogen) atoms. The number of epoxide rings is 2. The van der Waals surface area contributed by atoms with Crippen molar-refractivity contribution in [2.45, 2.75) is 168 Å². The summed E-state index contributed by atoms with van der Waals surface area (Å²) in [7, 11) is 0. The van der Waals surface area contributed by atoms with Crippen molar-refractivity contribution in [1.29, 1.82) is 0 Å². The maximum absolute atomic E-state index is 13.9. The van der Waals surface area contributed by atoms with E-state index in [0.717, 1.165) is 51.4 Å². The number of fused-ring (bicyclic) bond motifs is 2. The Balaban J connectivity index is 1.35. The standard InChI is InChI=1S/C38H62O11/c1-7-11-25(9-3)13-15-37(19-31-29(48-31)17-27(37)33(39)40)35(43)46-21-23(5)45-22-24(6)47-36(44)38(16-14-26(10-4)12-8-2)20-32-30(49-32)18-28(38)34(41)42/h23-32H,7-22H2,1-6H3,(H,39,40)(H,41,42). The molecule has 0 bridgehead atoms. The van der Waals surface area contributed by atoms with Crippen LogP contribution in [0.1, 0.15) is 131 Å². The molecule has 0 spiro atoms. The lowest BCUT2D eigenvalue weighted by atomic mass is 9.63. The molecule has 2 saturated heterocycles. The predicted octanol–water partition coefficient (Wildman–Crippen LogP) is 6.58. The van der Waals surface area contributed by atoms with E-state index in [9.17, 15) is 29.4 Å². The van der Waals surface area contributed by atoms with E-state index in [1.165, 1.54) is 0 Å². The normalized spacial score (nSPS) is 34.0. The van der Waals surface area contributed by atoms with Crippen LogP contribution < -0.4 is 0 Å². The van der Waals surface area contributed by atoms with Crippen LogP contribution in [0.2, 0.25) is 0 Å². The van der Waals surface area contributed by atoms with Crippen LogP contribution >= 0.6 is 0 Å². The van der Waals surface area contributed by atoms with E-state index in [0.29, 0.717) is 50.4 Å². The molecule has 0 radical (unpaired) electrons. The SMILES string of the molecule is CCCC(CC)CCC1(C(=O)OCC(C)OCC(C)OC(=O)C2(CCC(CC)CCC)CC3OC3CC2C(=O)O)CC2OC2CC1C(=O)O. The van der Waals surface area contributed by atoms with Crippen molar-refractivity contribution in [2.75, 3.05) is 13.2 Å². The van der Waals surface area contributed by atoms with Crippen LogP contribution in [0.3, 0.4) is 0 Å². The fourth-order valence-corrected chi connectivity index (χ4v) is 8.80. The first-order chi connectivity index (χ1) is 23.3. The largest absolute Gasteiger partial charge is 0.481 e. The second-order valence-corrected chi connectivity index (χ2v) is 15.6. The Morgan fingerprint density at radius 2 is 1.14 bits per heavy atom. The highest BCUT2D eigenvalue weighted by molar-refractivity contribution is 5.86. The van der Waals surface area contributed by atoms with Gasteiger partial charge in [0.2, 0.25) is 0 Å². The molecule has 4 rings (SSSR count). The van der Waals surface area contributed by atoms with E-state index in [-0.39, 0.29) is 37.6 Å². The summed E-state index contributed by atoms with van der Waals surface area (Å²) < 4.78 is 29.1. The van der Waals surface area contributed by atoms with Crippen LogP contribution in [0.25, 0.3) is 0 Å². The number of carbonyl (C=O) groups is 4. The molecule has 12 atom stereocenters. The molecule has 2 saturated carbocycles. The van der Waals surface area contributed by atoms with Gasteiger partial charge in [-0.25, -0.2) is 0 Å². The highest BCUT2D eigenvalue weighted by Crippen LogP contribution is 2.55. The Hall–Kier alpha value is -2.24. The first kappa shape index (κ1) is 39.5. The number of carbonyl (C=O) groups excluding carboxylic acids is 2. The fourth-order valence-electron chi connectivity index (χ4n) is 8.80. The van der Waals surface area contributed by atoms with Crippen molar-refractivity contribution in [3.8, 4) is 0 Å². The summed E-state index contributed by atoms with van der Waals surface area (Å²) in [5, 5.41) is 20.4. The molecule has 12 unspecified atom stereocenters. The molecular weight excluding hydrogens is 632 g/mol. The second-order valence-electron chi connectivity index (χ2n) is 15.6. The summed E-state index contributed by atoms with van der Waals surface area (Å²) >= 11 is 0. The molecule has 0 aromatic rings. The van der Waals surface area contributed by atoms with Gasteiger partial charge in [-0.1, -0.05) is 66.2 Å². The number of esters is 2. The highest BCUT2D eigenvalue weighted by atomic mass is 16.6. The smallest absolute Gasteiger partial charge is 0.313 e. The first-order valence-electron chi connectivity index (χ1n) is 19.1. The lowest BCUT2D eigenvalue weighted by molar-refractivity contribution is -0.179. The molecule has 4 fully saturated rings. The average Bonchev–Trinajstić information content (AvgIpc) is 4.00. The number of ether oxygens (including phenoxy) is 5. The zero-order chi connectivity index (χ0) is 35.9. The zero-order valence-corrected chi connectivity index (χ0v) is 30.7. The minimum Gasteiger partial charge on any atom is -0.481 e. The lowest BCUT2D eigenvalue weighted by Crippen LogP contribution is -2.49. The number of rotatable bonds is 22. The van der Waals surface area contributed by atoms with Gasteiger partial charge in [0.25, 0.3) is 0 Å². The van der Waals surface area contributed by atoms with Gasteiger partial charge in [0.1, 0.15) is 12.7 Å². The third-order valence-electron chi connectivity index (χ3n) is 12.1. The third kappa shape index (κ3) is 9.56. The summed E-state index contributed by atoms with van der Waals surface area (Å²) in [6.45, 7) is 12.0. The molecule has 0 aromatic heterocycles. The Morgan fingerprint density at radius 1 is 0.673 bits per heavy atom. The van der Waals surface area contributed by atoms with Crippen LogP contribution in [0.5, 0.6) is 0 Å². The predicted molar refractivity (Wildman–Crippen MR) is 181 cm³/mol. The van der Waals surface area contributed by atoms with Crippen molar-refractivity contribution in [1.82, 2.24) is 0 Å². The minimum atomic E-state index is -1.16. The molecular formula is C38H62O11. The maximum Gasteiger partial charge on any atom is 0.313 e. The van der Waals surface area contributed by atoms with Gasteiger partial charge in [-0.3, -0.25) is 19.2 Å². The number of aliphatic carboxylic acids is 2. The summed E-state index contributed by atoms with van der Waals surface area (Å²) in [5.41, 5.74) is -2.31. The average molecular weight is 695 g/mol. The molecule has 2 heterocycles. The van der Waals surface area contributed by atoms with Crippen molar-refractivity contribution < 1.29 is 53.1 Å². The number of hydrogen-bond donors (Lipinski definition) is 2. The molecule has 11 nitrogen and oxygen atoms in total. The zero-order valence-electron chi connectivity index (χ0n) is 30.7. The summed E-state index contributed by atoms with van der Waals surface area (Å²) in [4.78, 5) is 52.6. The molecule has 2 aliphatic carbocycles. The maximum atomic E-state index is 13.9. The molecule has 280 valence electrons.